The second-order valence-electron chi connectivity index (χ2n) is 18.5. The van der Waals surface area contributed by atoms with E-state index in [1.807, 2.05) is 6.92 Å². The zero-order chi connectivity index (χ0) is 50.9. The van der Waals surface area contributed by atoms with Crippen LogP contribution in [0.3, 0.4) is 0 Å². The lowest BCUT2D eigenvalue weighted by Crippen LogP contribution is -2.70. The van der Waals surface area contributed by atoms with E-state index in [1.165, 1.54) is 6.92 Å². The van der Waals surface area contributed by atoms with E-state index in [-0.39, 0.29) is 11.8 Å². The highest BCUT2D eigenvalue weighted by atomic mass is 16.8. The minimum Gasteiger partial charge on any atom is -0.394 e. The smallest absolute Gasteiger partial charge is 0.217 e. The average Bonchev–Trinajstić information content (AvgIpc) is 3.32. The van der Waals surface area contributed by atoms with Crippen LogP contribution in [-0.2, 0) is 56.9 Å². The molecule has 0 aliphatic carbocycles. The molecule has 0 saturated carbocycles. The van der Waals surface area contributed by atoms with E-state index in [9.17, 15) is 81.4 Å². The molecule has 0 radical (unpaired) electrons. The van der Waals surface area contributed by atoms with Gasteiger partial charge in [0.25, 0.3) is 0 Å². The Kier molecular flexibility index (Phi) is 19.9. The van der Waals surface area contributed by atoms with Crippen molar-refractivity contribution in [3.8, 4) is 0 Å². The third-order valence-corrected chi connectivity index (χ3v) is 14.0. The van der Waals surface area contributed by atoms with Crippen molar-refractivity contribution in [2.45, 2.75) is 206 Å². The number of carbonyl (C=O) groups is 1. The van der Waals surface area contributed by atoms with Crippen LogP contribution in [-0.4, -0.2) is 287 Å². The molecule has 0 bridgehead atoms. The first-order chi connectivity index (χ1) is 32.6. The Bertz CT molecular complexity index is 1610. The number of nitrogens with one attached hydrogen (secondary N) is 1. The molecule has 6 aliphatic heterocycles. The van der Waals surface area contributed by atoms with E-state index in [2.05, 4.69) is 5.32 Å². The quantitative estimate of drug-likeness (QED) is 0.0683. The summed E-state index contributed by atoms with van der Waals surface area (Å²) in [7, 11) is 0. The summed E-state index contributed by atoms with van der Waals surface area (Å²) in [6.07, 6.45) is -45.1. The first-order valence-corrected chi connectivity index (χ1v) is 22.9. The van der Waals surface area contributed by atoms with Gasteiger partial charge in [0.05, 0.1) is 45.2 Å². The molecule has 6 aliphatic rings. The maximum Gasteiger partial charge on any atom is 0.217 e. The lowest BCUT2D eigenvalue weighted by molar-refractivity contribution is -0.391. The van der Waals surface area contributed by atoms with Gasteiger partial charge in [-0.15, -0.1) is 0 Å². The standard InChI is InChI=1S/C41H71NO27/c1-11-12(2)22(49)38(60-13(11)3)69-36-28(55)24(51)16(6-43)63-41(36)67-34-21(42-15(5)48)37(61-17(7-44)25(34)52)68-35-26(53)18(8-45)62-40(31(35)58)66-33-20(10-47)64-39(30(57)29(33)56)65-32-19(9-46)59-14(4)23(50)27(32)54/h11-14,16-41,43-47,49-58H,6-10H2,1-5H3,(H,42,48). The van der Waals surface area contributed by atoms with Crippen molar-refractivity contribution in [3.63, 3.8) is 0 Å². The Morgan fingerprint density at radius 1 is 0.377 bits per heavy atom. The highest BCUT2D eigenvalue weighted by molar-refractivity contribution is 5.73. The Morgan fingerprint density at radius 2 is 0.783 bits per heavy atom. The number of hydrogen-bond acceptors (Lipinski definition) is 27. The molecular formula is C41H71NO27. The molecule has 402 valence electrons. The van der Waals surface area contributed by atoms with E-state index in [4.69, 9.17) is 52.1 Å². The molecule has 0 spiro atoms. The summed E-state index contributed by atoms with van der Waals surface area (Å²) in [4.78, 5) is 12.8. The molecule has 28 heteroatoms. The maximum atomic E-state index is 12.8. The molecule has 1 amide bonds. The van der Waals surface area contributed by atoms with Crippen LogP contribution in [0, 0.1) is 11.8 Å². The number of amides is 1. The third kappa shape index (κ3) is 11.9. The van der Waals surface area contributed by atoms with Crippen LogP contribution < -0.4 is 5.32 Å². The lowest BCUT2D eigenvalue weighted by atomic mass is 9.84. The predicted octanol–water partition coefficient (Wildman–Crippen LogP) is -9.31. The number of ether oxygens (including phenoxy) is 11. The fourth-order valence-electron chi connectivity index (χ4n) is 9.43. The van der Waals surface area contributed by atoms with Gasteiger partial charge in [-0.25, -0.2) is 0 Å². The van der Waals surface area contributed by atoms with Crippen LogP contribution >= 0.6 is 0 Å². The second kappa shape index (κ2) is 24.2. The molecule has 0 aromatic rings. The van der Waals surface area contributed by atoms with Crippen molar-refractivity contribution in [2.24, 2.45) is 11.8 Å². The van der Waals surface area contributed by atoms with Gasteiger partial charge in [0.1, 0.15) is 128 Å². The van der Waals surface area contributed by atoms with Gasteiger partial charge in [-0.1, -0.05) is 13.8 Å². The SMILES string of the molecule is CC(=O)NC1C(OC2C(O)C(CO)OC(OC3C(CO)OC(OC4C(CO)OC(C)C(O)C4O)C(O)C3O)C2O)OC(CO)C(O)C1OC1OC(CO)C(O)C(O)C1OC1OC(C)C(C)C(C)C1O. The highest BCUT2D eigenvalue weighted by Crippen LogP contribution is 2.38. The van der Waals surface area contributed by atoms with Crippen molar-refractivity contribution in [1.82, 2.24) is 5.32 Å². The van der Waals surface area contributed by atoms with Gasteiger partial charge < -0.3 is 134 Å². The number of hydrogen-bond donors (Lipinski definition) is 16. The van der Waals surface area contributed by atoms with E-state index in [1.54, 1.807) is 13.8 Å². The van der Waals surface area contributed by atoms with Crippen molar-refractivity contribution in [3.05, 3.63) is 0 Å². The molecule has 0 aromatic carbocycles. The van der Waals surface area contributed by atoms with E-state index in [0.717, 1.165) is 6.92 Å². The van der Waals surface area contributed by atoms with Crippen LogP contribution in [0.1, 0.15) is 34.6 Å². The lowest BCUT2D eigenvalue weighted by Gasteiger charge is -2.51. The second-order valence-corrected chi connectivity index (χ2v) is 18.5. The van der Waals surface area contributed by atoms with Crippen molar-refractivity contribution in [2.75, 3.05) is 33.0 Å². The fraction of sp³-hybridized carbons (Fsp3) is 0.976. The summed E-state index contributed by atoms with van der Waals surface area (Å²) in [5, 5.41) is 165. The van der Waals surface area contributed by atoms with Crippen molar-refractivity contribution in [1.29, 1.82) is 0 Å². The summed E-state index contributed by atoms with van der Waals surface area (Å²) in [5.74, 6) is -1.33. The topological polar surface area (TPSA) is 434 Å². The average molecular weight is 1010 g/mol. The maximum absolute atomic E-state index is 12.8. The Morgan fingerprint density at radius 3 is 1.35 bits per heavy atom. The first-order valence-electron chi connectivity index (χ1n) is 22.9. The van der Waals surface area contributed by atoms with Crippen LogP contribution in [0.15, 0.2) is 0 Å². The number of carbonyl (C=O) groups excluding carboxylic acids is 1. The van der Waals surface area contributed by atoms with Gasteiger partial charge in [-0.3, -0.25) is 4.79 Å². The monoisotopic (exact) mass is 1010 g/mol. The van der Waals surface area contributed by atoms with Crippen molar-refractivity contribution < 1.29 is 133 Å². The molecule has 6 heterocycles. The largest absolute Gasteiger partial charge is 0.394 e. The summed E-state index contributed by atoms with van der Waals surface area (Å²) in [6.45, 7) is 3.37. The summed E-state index contributed by atoms with van der Waals surface area (Å²) < 4.78 is 64.2. The van der Waals surface area contributed by atoms with Gasteiger partial charge in [-0.2, -0.15) is 0 Å². The molecular weight excluding hydrogens is 938 g/mol. The normalized spacial score (nSPS) is 52.1. The first kappa shape index (κ1) is 56.7. The molecule has 69 heavy (non-hydrogen) atoms. The summed E-state index contributed by atoms with van der Waals surface area (Å²) in [6, 6.07) is -1.70. The molecule has 6 saturated heterocycles. The van der Waals surface area contributed by atoms with Crippen LogP contribution in [0.2, 0.25) is 0 Å². The van der Waals surface area contributed by atoms with Crippen LogP contribution in [0.25, 0.3) is 0 Å². The molecule has 6 fully saturated rings. The molecule has 16 N–H and O–H groups in total. The van der Waals surface area contributed by atoms with Gasteiger partial charge >= 0.3 is 0 Å². The number of aliphatic hydroxyl groups is 15. The van der Waals surface area contributed by atoms with Gasteiger partial charge in [-0.05, 0) is 25.7 Å². The van der Waals surface area contributed by atoms with E-state index >= 15 is 0 Å². The molecule has 30 atom stereocenters. The Balaban J connectivity index is 1.23. The predicted molar refractivity (Wildman–Crippen MR) is 219 cm³/mol. The number of aliphatic hydroxyl groups excluding tert-OH is 15. The van der Waals surface area contributed by atoms with Crippen molar-refractivity contribution >= 4 is 5.91 Å². The molecule has 6 rings (SSSR count). The molecule has 0 aromatic heterocycles. The Labute approximate surface area is 395 Å². The highest BCUT2D eigenvalue weighted by Gasteiger charge is 2.58. The van der Waals surface area contributed by atoms with Gasteiger partial charge in [0, 0.05) is 6.92 Å². The van der Waals surface area contributed by atoms with Crippen LogP contribution in [0.4, 0.5) is 0 Å². The fourth-order valence-corrected chi connectivity index (χ4v) is 9.43. The number of rotatable bonds is 16. The minimum absolute atomic E-state index is 0.137. The van der Waals surface area contributed by atoms with Gasteiger partial charge in [0.15, 0.2) is 31.5 Å². The third-order valence-electron chi connectivity index (χ3n) is 14.0. The van der Waals surface area contributed by atoms with Gasteiger partial charge in [0.2, 0.25) is 5.91 Å². The Hall–Kier alpha value is -1.57. The van der Waals surface area contributed by atoms with E-state index < -0.39 is 211 Å². The van der Waals surface area contributed by atoms with Crippen LogP contribution in [0.5, 0.6) is 0 Å². The zero-order valence-corrected chi connectivity index (χ0v) is 38.5. The zero-order valence-electron chi connectivity index (χ0n) is 38.5. The summed E-state index contributed by atoms with van der Waals surface area (Å²) >= 11 is 0. The minimum atomic E-state index is -2.15. The van der Waals surface area contributed by atoms with E-state index in [0.29, 0.717) is 0 Å². The molecule has 28 nitrogen and oxygen atoms in total. The molecule has 30 unspecified atom stereocenters. The summed E-state index contributed by atoms with van der Waals surface area (Å²) in [5.41, 5.74) is 0.